The number of nitrogens with one attached hydrogen (secondary N) is 1. The summed E-state index contributed by atoms with van der Waals surface area (Å²) in [5, 5.41) is 3.60. The zero-order valence-corrected chi connectivity index (χ0v) is 11.7. The summed E-state index contributed by atoms with van der Waals surface area (Å²) in [7, 11) is 0. The van der Waals surface area contributed by atoms with Crippen LogP contribution in [0, 0.1) is 0 Å². The summed E-state index contributed by atoms with van der Waals surface area (Å²) in [6.07, 6.45) is 6.86. The lowest BCUT2D eigenvalue weighted by molar-refractivity contribution is -0.120. The molecule has 1 amide bonds. The van der Waals surface area contributed by atoms with Gasteiger partial charge in [0.2, 0.25) is 5.91 Å². The van der Waals surface area contributed by atoms with Crippen molar-refractivity contribution >= 4 is 5.91 Å². The third-order valence-electron chi connectivity index (χ3n) is 4.53. The van der Waals surface area contributed by atoms with Crippen molar-refractivity contribution < 1.29 is 4.79 Å². The third-order valence-corrected chi connectivity index (χ3v) is 4.53. The highest BCUT2D eigenvalue weighted by Gasteiger charge is 2.40. The topological polar surface area (TPSA) is 58.4 Å². The lowest BCUT2D eigenvalue weighted by Gasteiger charge is -2.51. The third kappa shape index (κ3) is 3.04. The van der Waals surface area contributed by atoms with Crippen LogP contribution < -0.4 is 11.1 Å². The van der Waals surface area contributed by atoms with Crippen LogP contribution in [0.3, 0.4) is 0 Å². The summed E-state index contributed by atoms with van der Waals surface area (Å²) in [5.74, 6) is -0.172. The molecule has 2 aliphatic rings. The maximum absolute atomic E-state index is 11.1. The summed E-state index contributed by atoms with van der Waals surface area (Å²) >= 11 is 0. The van der Waals surface area contributed by atoms with E-state index in [2.05, 4.69) is 24.1 Å². The van der Waals surface area contributed by atoms with E-state index in [1.54, 1.807) is 0 Å². The molecule has 4 heteroatoms. The molecule has 2 rings (SSSR count). The molecular weight excluding hydrogens is 226 g/mol. The molecule has 2 heterocycles. The molecule has 2 fully saturated rings. The molecule has 3 unspecified atom stereocenters. The number of nitrogens with zero attached hydrogens (tertiary/aromatic N) is 1. The number of primary amides is 1. The highest BCUT2D eigenvalue weighted by atomic mass is 16.1. The number of hydrogen-bond acceptors (Lipinski definition) is 3. The average molecular weight is 253 g/mol. The molecule has 3 atom stereocenters. The summed E-state index contributed by atoms with van der Waals surface area (Å²) in [4.78, 5) is 13.7. The lowest BCUT2D eigenvalue weighted by Crippen LogP contribution is -2.59. The smallest absolute Gasteiger partial charge is 0.218 e. The van der Waals surface area contributed by atoms with Gasteiger partial charge in [-0.25, -0.2) is 0 Å². The Kier molecular flexibility index (Phi) is 4.62. The van der Waals surface area contributed by atoms with Crippen molar-refractivity contribution in [2.24, 2.45) is 5.73 Å². The standard InChI is InChI=1S/C14H27N3O/c1-3-16-11-8-12-5-4-6-13(9-11)17(12)10(2)7-14(15)18/h10-13,16H,3-9H2,1-2H3,(H2,15,18). The maximum atomic E-state index is 11.1. The fourth-order valence-electron chi connectivity index (χ4n) is 3.99. The Morgan fingerprint density at radius 1 is 1.39 bits per heavy atom. The summed E-state index contributed by atoms with van der Waals surface area (Å²) < 4.78 is 0. The van der Waals surface area contributed by atoms with Gasteiger partial charge in [0.25, 0.3) is 0 Å². The molecule has 2 aliphatic heterocycles. The SMILES string of the molecule is CCNC1CC2CCCC(C1)N2C(C)CC(N)=O. The maximum Gasteiger partial charge on any atom is 0.218 e. The molecule has 0 aromatic rings. The number of amides is 1. The summed E-state index contributed by atoms with van der Waals surface area (Å²) in [6.45, 7) is 5.39. The van der Waals surface area contributed by atoms with Gasteiger partial charge in [-0.2, -0.15) is 0 Å². The van der Waals surface area contributed by atoms with Crippen molar-refractivity contribution in [1.82, 2.24) is 10.2 Å². The van der Waals surface area contributed by atoms with E-state index in [1.165, 1.54) is 32.1 Å². The van der Waals surface area contributed by atoms with Crippen molar-refractivity contribution in [3.8, 4) is 0 Å². The van der Waals surface area contributed by atoms with Crippen LogP contribution in [-0.4, -0.2) is 41.5 Å². The quantitative estimate of drug-likeness (QED) is 0.775. The van der Waals surface area contributed by atoms with E-state index >= 15 is 0 Å². The molecule has 0 aromatic heterocycles. The van der Waals surface area contributed by atoms with E-state index in [1.807, 2.05) is 0 Å². The first-order valence-corrected chi connectivity index (χ1v) is 7.41. The largest absolute Gasteiger partial charge is 0.370 e. The minimum Gasteiger partial charge on any atom is -0.370 e. The number of carbonyl (C=O) groups excluding carboxylic acids is 1. The molecule has 2 bridgehead atoms. The van der Waals surface area contributed by atoms with Crippen LogP contribution >= 0.6 is 0 Å². The molecular formula is C14H27N3O. The van der Waals surface area contributed by atoms with Gasteiger partial charge >= 0.3 is 0 Å². The van der Waals surface area contributed by atoms with Gasteiger partial charge in [0.05, 0.1) is 0 Å². The number of carbonyl (C=O) groups is 1. The number of piperidine rings is 2. The molecule has 4 nitrogen and oxygen atoms in total. The molecule has 2 saturated heterocycles. The lowest BCUT2D eigenvalue weighted by atomic mass is 9.80. The van der Waals surface area contributed by atoms with Crippen LogP contribution in [0.15, 0.2) is 0 Å². The van der Waals surface area contributed by atoms with Crippen LogP contribution in [-0.2, 0) is 4.79 Å². The van der Waals surface area contributed by atoms with Gasteiger partial charge in [-0.05, 0) is 39.2 Å². The molecule has 104 valence electrons. The van der Waals surface area contributed by atoms with Crippen molar-refractivity contribution in [3.63, 3.8) is 0 Å². The zero-order chi connectivity index (χ0) is 13.1. The van der Waals surface area contributed by atoms with Gasteiger partial charge in [-0.1, -0.05) is 13.3 Å². The van der Waals surface area contributed by atoms with Gasteiger partial charge in [0.15, 0.2) is 0 Å². The van der Waals surface area contributed by atoms with Gasteiger partial charge < -0.3 is 11.1 Å². The Balaban J connectivity index is 2.01. The van der Waals surface area contributed by atoms with E-state index in [9.17, 15) is 4.79 Å². The van der Waals surface area contributed by atoms with E-state index in [0.29, 0.717) is 30.6 Å². The number of nitrogens with two attached hydrogens (primary N) is 1. The first-order chi connectivity index (χ1) is 8.61. The van der Waals surface area contributed by atoms with Crippen molar-refractivity contribution in [2.45, 2.75) is 76.5 Å². The van der Waals surface area contributed by atoms with Gasteiger partial charge in [-0.15, -0.1) is 0 Å². The van der Waals surface area contributed by atoms with Crippen LogP contribution in [0.2, 0.25) is 0 Å². The van der Waals surface area contributed by atoms with Crippen molar-refractivity contribution in [3.05, 3.63) is 0 Å². The fourth-order valence-corrected chi connectivity index (χ4v) is 3.99. The van der Waals surface area contributed by atoms with E-state index in [0.717, 1.165) is 6.54 Å². The predicted octanol–water partition coefficient (Wildman–Crippen LogP) is 1.25. The van der Waals surface area contributed by atoms with Gasteiger partial charge in [0, 0.05) is 30.6 Å². The zero-order valence-electron chi connectivity index (χ0n) is 11.7. The first-order valence-electron chi connectivity index (χ1n) is 7.41. The van der Waals surface area contributed by atoms with Gasteiger partial charge in [0.1, 0.15) is 0 Å². The predicted molar refractivity (Wildman–Crippen MR) is 73.2 cm³/mol. The average Bonchev–Trinajstić information content (AvgIpc) is 2.27. The number of fused-ring (bicyclic) bond motifs is 2. The van der Waals surface area contributed by atoms with E-state index in [4.69, 9.17) is 5.73 Å². The number of hydrogen-bond donors (Lipinski definition) is 2. The molecule has 3 N–H and O–H groups in total. The second-order valence-corrected chi connectivity index (χ2v) is 5.93. The van der Waals surface area contributed by atoms with E-state index in [-0.39, 0.29) is 5.91 Å². The van der Waals surface area contributed by atoms with E-state index < -0.39 is 0 Å². The van der Waals surface area contributed by atoms with Crippen LogP contribution in [0.1, 0.15) is 52.4 Å². The minimum absolute atomic E-state index is 0.172. The monoisotopic (exact) mass is 253 g/mol. The molecule has 0 aliphatic carbocycles. The second kappa shape index (κ2) is 6.02. The minimum atomic E-state index is -0.172. The van der Waals surface area contributed by atoms with Crippen LogP contribution in [0.5, 0.6) is 0 Å². The normalized spacial score (nSPS) is 34.2. The Labute approximate surface area is 110 Å². The fraction of sp³-hybridized carbons (Fsp3) is 0.929. The second-order valence-electron chi connectivity index (χ2n) is 5.93. The van der Waals surface area contributed by atoms with Crippen LogP contribution in [0.4, 0.5) is 0 Å². The summed E-state index contributed by atoms with van der Waals surface area (Å²) in [5.41, 5.74) is 5.35. The van der Waals surface area contributed by atoms with Crippen molar-refractivity contribution in [1.29, 1.82) is 0 Å². The molecule has 0 aromatic carbocycles. The van der Waals surface area contributed by atoms with Crippen molar-refractivity contribution in [2.75, 3.05) is 6.54 Å². The van der Waals surface area contributed by atoms with Crippen LogP contribution in [0.25, 0.3) is 0 Å². The summed E-state index contributed by atoms with van der Waals surface area (Å²) in [6, 6.07) is 2.27. The Morgan fingerprint density at radius 2 is 2.00 bits per heavy atom. The highest BCUT2D eigenvalue weighted by Crippen LogP contribution is 2.36. The molecule has 18 heavy (non-hydrogen) atoms. The Hall–Kier alpha value is -0.610. The number of rotatable bonds is 5. The Bertz CT molecular complexity index is 281. The highest BCUT2D eigenvalue weighted by molar-refractivity contribution is 5.74. The Morgan fingerprint density at radius 3 is 2.50 bits per heavy atom. The van der Waals surface area contributed by atoms with Gasteiger partial charge in [-0.3, -0.25) is 9.69 Å². The first kappa shape index (κ1) is 13.8. The molecule has 0 radical (unpaired) electrons. The molecule has 0 spiro atoms. The molecule has 0 saturated carbocycles.